The molecule has 1 aromatic carbocycles. The first kappa shape index (κ1) is 17.1. The zero-order valence-corrected chi connectivity index (χ0v) is 10.6. The van der Waals surface area contributed by atoms with Crippen LogP contribution in [0.4, 0.5) is 32.0 Å². The fourth-order valence-corrected chi connectivity index (χ4v) is 1.60. The number of nitrogen functional groups attached to an aromatic ring is 1. The smallest absolute Gasteiger partial charge is 0.399 e. The second kappa shape index (κ2) is 6.23. The summed E-state index contributed by atoms with van der Waals surface area (Å²) in [6.07, 6.45) is -11.3. The predicted octanol–water partition coefficient (Wildman–Crippen LogP) is 2.67. The summed E-state index contributed by atoms with van der Waals surface area (Å²) in [5.74, 6) is -6.12. The highest BCUT2D eigenvalue weighted by Crippen LogP contribution is 2.39. The van der Waals surface area contributed by atoms with Gasteiger partial charge in [-0.15, -0.1) is 0 Å². The van der Waals surface area contributed by atoms with Gasteiger partial charge >= 0.3 is 12.4 Å². The zero-order chi connectivity index (χ0) is 16.3. The molecule has 0 aliphatic carbocycles. The number of anilines is 1. The van der Waals surface area contributed by atoms with Gasteiger partial charge in [0, 0.05) is 12.2 Å². The van der Waals surface area contributed by atoms with Gasteiger partial charge in [-0.1, -0.05) is 12.1 Å². The van der Waals surface area contributed by atoms with Crippen LogP contribution in [0.3, 0.4) is 0 Å². The molecule has 1 aromatic rings. The first-order valence-corrected chi connectivity index (χ1v) is 5.77. The highest BCUT2D eigenvalue weighted by Gasteiger charge is 2.60. The maximum atomic E-state index is 12.3. The van der Waals surface area contributed by atoms with E-state index in [0.29, 0.717) is 11.3 Å². The van der Waals surface area contributed by atoms with Crippen molar-refractivity contribution in [1.82, 2.24) is 5.32 Å². The van der Waals surface area contributed by atoms with Crippen LogP contribution in [-0.2, 0) is 11.2 Å². The number of nitrogens with one attached hydrogen (secondary N) is 1. The van der Waals surface area contributed by atoms with E-state index in [2.05, 4.69) is 0 Å². The van der Waals surface area contributed by atoms with Crippen molar-refractivity contribution in [2.75, 3.05) is 12.3 Å². The number of alkyl halides is 6. The van der Waals surface area contributed by atoms with E-state index in [1.165, 1.54) is 12.1 Å². The fraction of sp³-hybridized carbons (Fsp3) is 0.417. The average molecular weight is 314 g/mol. The van der Waals surface area contributed by atoms with Gasteiger partial charge in [-0.05, 0) is 24.1 Å². The van der Waals surface area contributed by atoms with Gasteiger partial charge in [0.1, 0.15) is 0 Å². The summed E-state index contributed by atoms with van der Waals surface area (Å²) >= 11 is 0. The van der Waals surface area contributed by atoms with E-state index >= 15 is 0 Å². The van der Waals surface area contributed by atoms with E-state index in [-0.39, 0.29) is 13.0 Å². The molecule has 0 fully saturated rings. The Morgan fingerprint density at radius 2 is 1.52 bits per heavy atom. The second-order valence-electron chi connectivity index (χ2n) is 4.30. The van der Waals surface area contributed by atoms with Crippen molar-refractivity contribution in [3.05, 3.63) is 29.8 Å². The Labute approximate surface area is 116 Å². The van der Waals surface area contributed by atoms with Gasteiger partial charge in [0.2, 0.25) is 11.8 Å². The van der Waals surface area contributed by atoms with Crippen LogP contribution in [0, 0.1) is 5.92 Å². The van der Waals surface area contributed by atoms with Gasteiger partial charge in [-0.2, -0.15) is 26.3 Å². The van der Waals surface area contributed by atoms with Crippen LogP contribution < -0.4 is 11.1 Å². The van der Waals surface area contributed by atoms with Gasteiger partial charge < -0.3 is 11.1 Å². The molecule has 0 aliphatic heterocycles. The van der Waals surface area contributed by atoms with E-state index in [0.717, 1.165) is 0 Å². The van der Waals surface area contributed by atoms with Gasteiger partial charge in [-0.25, -0.2) is 0 Å². The molecule has 0 unspecified atom stereocenters. The molecule has 1 amide bonds. The first-order chi connectivity index (χ1) is 9.51. The topological polar surface area (TPSA) is 55.1 Å². The fourth-order valence-electron chi connectivity index (χ4n) is 1.60. The van der Waals surface area contributed by atoms with E-state index in [1.54, 1.807) is 17.4 Å². The first-order valence-electron chi connectivity index (χ1n) is 5.77. The molecule has 1 rings (SSSR count). The SMILES string of the molecule is Nc1ccc(CCNC(=O)C(C(F)(F)F)C(F)(F)F)cc1. The van der Waals surface area contributed by atoms with Crippen LogP contribution in [0.25, 0.3) is 0 Å². The number of hydrogen-bond acceptors (Lipinski definition) is 2. The van der Waals surface area contributed by atoms with Crippen molar-refractivity contribution < 1.29 is 31.1 Å². The summed E-state index contributed by atoms with van der Waals surface area (Å²) in [6, 6.07) is 6.19. The normalized spacial score (nSPS) is 12.5. The summed E-state index contributed by atoms with van der Waals surface area (Å²) < 4.78 is 73.6. The molecule has 118 valence electrons. The number of amides is 1. The summed E-state index contributed by atoms with van der Waals surface area (Å²) in [7, 11) is 0. The lowest BCUT2D eigenvalue weighted by molar-refractivity contribution is -0.274. The molecular weight excluding hydrogens is 302 g/mol. The Morgan fingerprint density at radius 3 is 1.95 bits per heavy atom. The molecule has 0 heterocycles. The zero-order valence-electron chi connectivity index (χ0n) is 10.6. The monoisotopic (exact) mass is 314 g/mol. The molecule has 21 heavy (non-hydrogen) atoms. The molecule has 0 spiro atoms. The molecule has 0 aromatic heterocycles. The lowest BCUT2D eigenvalue weighted by atomic mass is 10.1. The number of carbonyl (C=O) groups excluding carboxylic acids is 1. The summed E-state index contributed by atoms with van der Waals surface area (Å²) in [4.78, 5) is 11.1. The van der Waals surface area contributed by atoms with Crippen molar-refractivity contribution in [3.8, 4) is 0 Å². The van der Waals surface area contributed by atoms with Crippen LogP contribution in [0.15, 0.2) is 24.3 Å². The molecule has 0 saturated heterocycles. The van der Waals surface area contributed by atoms with Gasteiger partial charge in [0.25, 0.3) is 0 Å². The number of nitrogens with two attached hydrogens (primary N) is 1. The van der Waals surface area contributed by atoms with Crippen molar-refractivity contribution in [3.63, 3.8) is 0 Å². The standard InChI is InChI=1S/C12H12F6N2O/c13-11(14,15)9(12(16,17)18)10(21)20-6-5-7-1-3-8(19)4-2-7/h1-4,9H,5-6,19H2,(H,20,21). The second-order valence-corrected chi connectivity index (χ2v) is 4.30. The molecule has 0 bridgehead atoms. The molecule has 3 nitrogen and oxygen atoms in total. The molecule has 9 heteroatoms. The minimum Gasteiger partial charge on any atom is -0.399 e. The number of rotatable bonds is 4. The van der Waals surface area contributed by atoms with Gasteiger partial charge in [0.15, 0.2) is 0 Å². The Hall–Kier alpha value is -1.93. The summed E-state index contributed by atoms with van der Waals surface area (Å²) in [6.45, 7) is -0.342. The largest absolute Gasteiger partial charge is 0.409 e. The van der Waals surface area contributed by atoms with E-state index in [1.807, 2.05) is 0 Å². The highest BCUT2D eigenvalue weighted by atomic mass is 19.4. The summed E-state index contributed by atoms with van der Waals surface area (Å²) in [5.41, 5.74) is 6.51. The Bertz CT molecular complexity index is 466. The van der Waals surface area contributed by atoms with E-state index < -0.39 is 24.2 Å². The lowest BCUT2D eigenvalue weighted by Crippen LogP contribution is -2.48. The van der Waals surface area contributed by atoms with Gasteiger partial charge in [-0.3, -0.25) is 4.79 Å². The molecule has 0 aliphatic rings. The average Bonchev–Trinajstić information content (AvgIpc) is 2.27. The maximum absolute atomic E-state index is 12.3. The third kappa shape index (κ3) is 5.16. The van der Waals surface area contributed by atoms with Crippen molar-refractivity contribution >= 4 is 11.6 Å². The highest BCUT2D eigenvalue weighted by molar-refractivity contribution is 5.80. The molecule has 0 saturated carbocycles. The number of benzene rings is 1. The summed E-state index contributed by atoms with van der Waals surface area (Å²) in [5, 5.41) is 1.65. The van der Waals surface area contributed by atoms with E-state index in [9.17, 15) is 31.1 Å². The third-order valence-corrected chi connectivity index (χ3v) is 2.61. The Balaban J connectivity index is 2.61. The van der Waals surface area contributed by atoms with Crippen LogP contribution in [0.2, 0.25) is 0 Å². The predicted molar refractivity (Wildman–Crippen MR) is 63.2 cm³/mol. The number of halogens is 6. The van der Waals surface area contributed by atoms with Crippen LogP contribution >= 0.6 is 0 Å². The van der Waals surface area contributed by atoms with Crippen molar-refractivity contribution in [2.24, 2.45) is 5.92 Å². The van der Waals surface area contributed by atoms with Gasteiger partial charge in [0.05, 0.1) is 0 Å². The number of hydrogen-bond donors (Lipinski definition) is 2. The van der Waals surface area contributed by atoms with E-state index in [4.69, 9.17) is 5.73 Å². The quantitative estimate of drug-likeness (QED) is 0.663. The number of carbonyl (C=O) groups is 1. The Morgan fingerprint density at radius 1 is 1.05 bits per heavy atom. The molecule has 0 atom stereocenters. The molecule has 3 N–H and O–H groups in total. The van der Waals surface area contributed by atoms with Crippen molar-refractivity contribution in [1.29, 1.82) is 0 Å². The lowest BCUT2D eigenvalue weighted by Gasteiger charge is -2.22. The third-order valence-electron chi connectivity index (χ3n) is 2.61. The van der Waals surface area contributed by atoms with Crippen molar-refractivity contribution in [2.45, 2.75) is 18.8 Å². The minimum atomic E-state index is -5.68. The molecular formula is C12H12F6N2O. The van der Waals surface area contributed by atoms with Crippen LogP contribution in [-0.4, -0.2) is 24.8 Å². The van der Waals surface area contributed by atoms with Crippen LogP contribution in [0.1, 0.15) is 5.56 Å². The minimum absolute atomic E-state index is 0.0917. The Kier molecular flexibility index (Phi) is 5.08. The van der Waals surface area contributed by atoms with Crippen LogP contribution in [0.5, 0.6) is 0 Å². The maximum Gasteiger partial charge on any atom is 0.409 e. The molecule has 0 radical (unpaired) electrons.